The van der Waals surface area contributed by atoms with Crippen LogP contribution < -0.4 is 19.1 Å². The molecule has 0 saturated carbocycles. The zero-order chi connectivity index (χ0) is 21.8. The van der Waals surface area contributed by atoms with Crippen molar-refractivity contribution in [2.24, 2.45) is 0 Å². The molecule has 1 saturated heterocycles. The number of anilines is 1. The Hall–Kier alpha value is -2.66. The number of para-hydroxylation sites is 2. The van der Waals surface area contributed by atoms with Crippen molar-refractivity contribution in [1.82, 2.24) is 4.90 Å². The van der Waals surface area contributed by atoms with Gasteiger partial charge in [-0.25, -0.2) is 0 Å². The topological polar surface area (TPSA) is 34.2 Å². The zero-order valence-corrected chi connectivity index (χ0v) is 19.1. The molecule has 170 valence electrons. The maximum Gasteiger partial charge on any atom is 0.142 e. The van der Waals surface area contributed by atoms with Crippen LogP contribution in [0.5, 0.6) is 17.2 Å². The Balaban J connectivity index is 1.03. The minimum Gasteiger partial charge on any atom is -0.495 e. The molecule has 0 atom stereocenters. The molecular formula is C27H34N2O3. The van der Waals surface area contributed by atoms with E-state index in [1.54, 1.807) is 7.11 Å². The third-order valence-corrected chi connectivity index (χ3v) is 6.95. The first-order valence-corrected chi connectivity index (χ1v) is 12.0. The maximum absolute atomic E-state index is 6.04. The number of nitrogens with zero attached hydrogens (tertiary/aromatic N) is 2. The smallest absolute Gasteiger partial charge is 0.142 e. The van der Waals surface area contributed by atoms with Crippen LogP contribution in [-0.4, -0.2) is 57.9 Å². The number of ether oxygens (including phenoxy) is 3. The first kappa shape index (κ1) is 21.2. The Bertz CT molecular complexity index is 963. The predicted molar refractivity (Wildman–Crippen MR) is 129 cm³/mol. The van der Waals surface area contributed by atoms with E-state index in [0.29, 0.717) is 0 Å². The summed E-state index contributed by atoms with van der Waals surface area (Å²) >= 11 is 0. The third-order valence-electron chi connectivity index (χ3n) is 6.95. The molecule has 2 aromatic rings. The molecular weight excluding hydrogens is 400 g/mol. The van der Waals surface area contributed by atoms with Crippen LogP contribution in [0.4, 0.5) is 5.69 Å². The fourth-order valence-electron chi connectivity index (χ4n) is 5.15. The van der Waals surface area contributed by atoms with Gasteiger partial charge in [0.1, 0.15) is 23.9 Å². The monoisotopic (exact) mass is 434 g/mol. The van der Waals surface area contributed by atoms with Gasteiger partial charge in [0.25, 0.3) is 0 Å². The molecule has 2 heterocycles. The summed E-state index contributed by atoms with van der Waals surface area (Å²) in [5, 5.41) is 0. The fourth-order valence-corrected chi connectivity index (χ4v) is 5.15. The van der Waals surface area contributed by atoms with Crippen LogP contribution in [0.2, 0.25) is 0 Å². The summed E-state index contributed by atoms with van der Waals surface area (Å²) in [5.41, 5.74) is 5.50. The molecule has 0 spiro atoms. The van der Waals surface area contributed by atoms with E-state index in [1.165, 1.54) is 41.7 Å². The summed E-state index contributed by atoms with van der Waals surface area (Å²) in [6, 6.07) is 14.7. The van der Waals surface area contributed by atoms with E-state index in [1.807, 2.05) is 12.1 Å². The Morgan fingerprint density at radius 3 is 2.72 bits per heavy atom. The van der Waals surface area contributed by atoms with E-state index < -0.39 is 0 Å². The predicted octanol–water partition coefficient (Wildman–Crippen LogP) is 5.01. The zero-order valence-electron chi connectivity index (χ0n) is 19.1. The average Bonchev–Trinajstić information content (AvgIpc) is 3.33. The van der Waals surface area contributed by atoms with E-state index in [0.717, 1.165) is 76.0 Å². The summed E-state index contributed by atoms with van der Waals surface area (Å²) in [5.74, 6) is 2.89. The molecule has 2 aromatic carbocycles. The minimum atomic E-state index is 0.758. The molecule has 0 aromatic heterocycles. The summed E-state index contributed by atoms with van der Waals surface area (Å²) in [6.07, 6.45) is 5.88. The van der Waals surface area contributed by atoms with E-state index in [9.17, 15) is 0 Å². The summed E-state index contributed by atoms with van der Waals surface area (Å²) < 4.78 is 17.5. The summed E-state index contributed by atoms with van der Waals surface area (Å²) in [7, 11) is 1.75. The van der Waals surface area contributed by atoms with Gasteiger partial charge in [-0.15, -0.1) is 0 Å². The lowest BCUT2D eigenvalue weighted by molar-refractivity contribution is 0.238. The van der Waals surface area contributed by atoms with Crippen molar-refractivity contribution in [3.63, 3.8) is 0 Å². The molecule has 5 rings (SSSR count). The molecule has 5 nitrogen and oxygen atoms in total. The Morgan fingerprint density at radius 1 is 0.969 bits per heavy atom. The Morgan fingerprint density at radius 2 is 1.84 bits per heavy atom. The average molecular weight is 435 g/mol. The molecule has 0 unspecified atom stereocenters. The quantitative estimate of drug-likeness (QED) is 0.546. The molecule has 1 fully saturated rings. The number of unbranched alkanes of at least 4 members (excludes halogenated alkanes) is 1. The standard InChI is InChI=1S/C27H34N2O3/c1-30-26-10-3-2-9-25(26)29-16-14-28(15-17-29)13-4-5-18-31-22-11-12-24-23-8-6-7-21(23)20-32-27(24)19-22/h2-3,9-12,19H,4-8,13-18,20H2,1H3. The van der Waals surface area contributed by atoms with Gasteiger partial charge in [0.2, 0.25) is 0 Å². The van der Waals surface area contributed by atoms with Gasteiger partial charge in [0, 0.05) is 37.8 Å². The molecule has 0 N–H and O–H groups in total. The molecule has 0 radical (unpaired) electrons. The number of methoxy groups -OCH3 is 1. The Kier molecular flexibility index (Phi) is 6.54. The van der Waals surface area contributed by atoms with Crippen LogP contribution in [0.25, 0.3) is 5.57 Å². The Labute approximate surface area is 191 Å². The van der Waals surface area contributed by atoms with Crippen LogP contribution in [-0.2, 0) is 0 Å². The SMILES string of the molecule is COc1ccccc1N1CCN(CCCCOc2ccc3c(c2)OCC2=C3CCC2)CC1. The van der Waals surface area contributed by atoms with Crippen molar-refractivity contribution in [3.05, 3.63) is 53.6 Å². The number of rotatable bonds is 8. The number of allylic oxidation sites excluding steroid dienone is 1. The van der Waals surface area contributed by atoms with Crippen molar-refractivity contribution < 1.29 is 14.2 Å². The van der Waals surface area contributed by atoms with Crippen molar-refractivity contribution in [2.75, 3.05) is 57.9 Å². The molecule has 0 amide bonds. The van der Waals surface area contributed by atoms with Crippen molar-refractivity contribution >= 4 is 11.3 Å². The van der Waals surface area contributed by atoms with E-state index in [4.69, 9.17) is 14.2 Å². The van der Waals surface area contributed by atoms with Gasteiger partial charge in [-0.05, 0) is 74.1 Å². The minimum absolute atomic E-state index is 0.758. The third kappa shape index (κ3) is 4.58. The van der Waals surface area contributed by atoms with Gasteiger partial charge in [-0.3, -0.25) is 4.90 Å². The summed E-state index contributed by atoms with van der Waals surface area (Å²) in [6.45, 7) is 6.93. The highest BCUT2D eigenvalue weighted by Crippen LogP contribution is 2.43. The number of benzene rings is 2. The second-order valence-corrected chi connectivity index (χ2v) is 8.94. The van der Waals surface area contributed by atoms with Gasteiger partial charge >= 0.3 is 0 Å². The van der Waals surface area contributed by atoms with E-state index in [2.05, 4.69) is 40.1 Å². The normalized spacial score (nSPS) is 18.2. The number of fused-ring (bicyclic) bond motifs is 2. The lowest BCUT2D eigenvalue weighted by Gasteiger charge is -2.36. The van der Waals surface area contributed by atoms with Crippen molar-refractivity contribution in [3.8, 4) is 17.2 Å². The first-order valence-electron chi connectivity index (χ1n) is 12.0. The van der Waals surface area contributed by atoms with Gasteiger partial charge in [-0.1, -0.05) is 12.1 Å². The van der Waals surface area contributed by atoms with Gasteiger partial charge in [0.05, 0.1) is 19.4 Å². The van der Waals surface area contributed by atoms with Crippen molar-refractivity contribution in [2.45, 2.75) is 32.1 Å². The van der Waals surface area contributed by atoms with Crippen LogP contribution in [0.15, 0.2) is 48.0 Å². The highest BCUT2D eigenvalue weighted by molar-refractivity contribution is 5.77. The number of hydrogen-bond donors (Lipinski definition) is 0. The molecule has 0 bridgehead atoms. The second-order valence-electron chi connectivity index (χ2n) is 8.94. The highest BCUT2D eigenvalue weighted by Gasteiger charge is 2.24. The lowest BCUT2D eigenvalue weighted by atomic mass is 9.99. The van der Waals surface area contributed by atoms with Crippen LogP contribution in [0.1, 0.15) is 37.7 Å². The van der Waals surface area contributed by atoms with Gasteiger partial charge < -0.3 is 19.1 Å². The largest absolute Gasteiger partial charge is 0.495 e. The molecule has 1 aliphatic carbocycles. The van der Waals surface area contributed by atoms with E-state index >= 15 is 0 Å². The molecule has 3 aliphatic rings. The maximum atomic E-state index is 6.04. The first-order chi connectivity index (χ1) is 15.8. The highest BCUT2D eigenvalue weighted by atomic mass is 16.5. The van der Waals surface area contributed by atoms with Crippen LogP contribution >= 0.6 is 0 Å². The van der Waals surface area contributed by atoms with Gasteiger partial charge in [-0.2, -0.15) is 0 Å². The second kappa shape index (κ2) is 9.86. The fraction of sp³-hybridized carbons (Fsp3) is 0.481. The van der Waals surface area contributed by atoms with Crippen LogP contribution in [0, 0.1) is 0 Å². The summed E-state index contributed by atoms with van der Waals surface area (Å²) in [4.78, 5) is 4.99. The molecule has 5 heteroatoms. The number of hydrogen-bond acceptors (Lipinski definition) is 5. The lowest BCUT2D eigenvalue weighted by Crippen LogP contribution is -2.46. The van der Waals surface area contributed by atoms with Crippen LogP contribution in [0.3, 0.4) is 0 Å². The van der Waals surface area contributed by atoms with Crippen molar-refractivity contribution in [1.29, 1.82) is 0 Å². The molecule has 2 aliphatic heterocycles. The number of piperazine rings is 1. The van der Waals surface area contributed by atoms with E-state index in [-0.39, 0.29) is 0 Å². The molecule has 32 heavy (non-hydrogen) atoms. The van der Waals surface area contributed by atoms with Gasteiger partial charge in [0.15, 0.2) is 0 Å².